The highest BCUT2D eigenvalue weighted by Crippen LogP contribution is 2.13. The van der Waals surface area contributed by atoms with Crippen molar-refractivity contribution in [2.24, 2.45) is 0 Å². The van der Waals surface area contributed by atoms with Gasteiger partial charge in [0.15, 0.2) is 0 Å². The minimum absolute atomic E-state index is 0.00747. The second-order valence-corrected chi connectivity index (χ2v) is 7.03. The Balaban J connectivity index is 1.57. The number of hydrogen-bond acceptors (Lipinski definition) is 4. The van der Waals surface area contributed by atoms with Crippen molar-refractivity contribution >= 4 is 11.8 Å². The van der Waals surface area contributed by atoms with E-state index in [1.165, 1.54) is 24.6 Å². The predicted molar refractivity (Wildman–Crippen MR) is 96.9 cm³/mol. The van der Waals surface area contributed by atoms with Gasteiger partial charge in [0, 0.05) is 37.3 Å². The van der Waals surface area contributed by atoms with Crippen LogP contribution >= 0.6 is 11.8 Å². The first kappa shape index (κ1) is 16.3. The van der Waals surface area contributed by atoms with E-state index in [4.69, 9.17) is 0 Å². The summed E-state index contributed by atoms with van der Waals surface area (Å²) in [5.41, 5.74) is 1.70. The van der Waals surface area contributed by atoms with Gasteiger partial charge in [-0.15, -0.1) is 0 Å². The van der Waals surface area contributed by atoms with E-state index in [1.54, 1.807) is 16.9 Å². The van der Waals surface area contributed by atoms with Crippen LogP contribution in [-0.4, -0.2) is 45.8 Å². The molecule has 1 fully saturated rings. The second-order valence-electron chi connectivity index (χ2n) is 5.80. The molecule has 0 amide bonds. The summed E-state index contributed by atoms with van der Waals surface area (Å²) in [7, 11) is 0. The topological polar surface area (TPSA) is 38.1 Å². The Bertz CT molecular complexity index is 665. The van der Waals surface area contributed by atoms with Crippen LogP contribution in [0, 0.1) is 0 Å². The Hall–Kier alpha value is -1.59. The lowest BCUT2D eigenvalue weighted by molar-refractivity contribution is 0.292. The molecule has 5 heteroatoms. The van der Waals surface area contributed by atoms with E-state index >= 15 is 0 Å². The van der Waals surface area contributed by atoms with Crippen LogP contribution in [0.3, 0.4) is 0 Å². The minimum atomic E-state index is 0.00747. The van der Waals surface area contributed by atoms with Crippen LogP contribution in [0.5, 0.6) is 0 Å². The van der Waals surface area contributed by atoms with E-state index in [1.807, 2.05) is 42.1 Å². The van der Waals surface area contributed by atoms with Crippen molar-refractivity contribution in [2.75, 3.05) is 31.1 Å². The molecule has 3 rings (SSSR count). The van der Waals surface area contributed by atoms with E-state index in [0.29, 0.717) is 6.54 Å². The van der Waals surface area contributed by atoms with Crippen LogP contribution in [0.25, 0.3) is 11.1 Å². The smallest absolute Gasteiger partial charge is 0.274 e. The summed E-state index contributed by atoms with van der Waals surface area (Å²) < 4.78 is 1.61. The highest BCUT2D eigenvalue weighted by Gasteiger charge is 2.10. The van der Waals surface area contributed by atoms with Gasteiger partial charge in [-0.2, -0.15) is 16.9 Å². The van der Waals surface area contributed by atoms with Crippen molar-refractivity contribution in [2.45, 2.75) is 19.4 Å². The van der Waals surface area contributed by atoms with Crippen molar-refractivity contribution in [3.05, 3.63) is 52.9 Å². The lowest BCUT2D eigenvalue weighted by Gasteiger charge is -2.25. The summed E-state index contributed by atoms with van der Waals surface area (Å²) in [6, 6.07) is 11.6. The third kappa shape index (κ3) is 4.45. The third-order valence-electron chi connectivity index (χ3n) is 4.19. The molecule has 0 aliphatic carbocycles. The molecule has 122 valence electrons. The Morgan fingerprint density at radius 2 is 1.74 bits per heavy atom. The SMILES string of the molecule is O=c1c(-c2ccccc2)ccnn1CCCCN1CCSCC1. The highest BCUT2D eigenvalue weighted by atomic mass is 32.2. The molecule has 0 atom stereocenters. The zero-order chi connectivity index (χ0) is 15.9. The molecule has 2 heterocycles. The van der Waals surface area contributed by atoms with E-state index in [-0.39, 0.29) is 5.56 Å². The summed E-state index contributed by atoms with van der Waals surface area (Å²) >= 11 is 2.04. The summed E-state index contributed by atoms with van der Waals surface area (Å²) in [5, 5.41) is 4.24. The van der Waals surface area contributed by atoms with Crippen molar-refractivity contribution in [3.63, 3.8) is 0 Å². The number of thioether (sulfide) groups is 1. The Morgan fingerprint density at radius 3 is 2.52 bits per heavy atom. The van der Waals surface area contributed by atoms with Gasteiger partial charge >= 0.3 is 0 Å². The Labute approximate surface area is 141 Å². The van der Waals surface area contributed by atoms with Crippen LogP contribution in [0.15, 0.2) is 47.4 Å². The van der Waals surface area contributed by atoms with Gasteiger partial charge in [0.1, 0.15) is 0 Å². The standard InChI is InChI=1S/C18H23N3OS/c22-18-17(16-6-2-1-3-7-16)8-9-19-21(18)11-5-4-10-20-12-14-23-15-13-20/h1-3,6-9H,4-5,10-15H2. The normalized spacial score (nSPS) is 15.7. The van der Waals surface area contributed by atoms with Gasteiger partial charge in [0.2, 0.25) is 0 Å². The first-order valence-electron chi connectivity index (χ1n) is 8.26. The van der Waals surface area contributed by atoms with Crippen molar-refractivity contribution in [1.29, 1.82) is 0 Å². The molecular weight excluding hydrogens is 306 g/mol. The van der Waals surface area contributed by atoms with Gasteiger partial charge < -0.3 is 4.90 Å². The molecule has 23 heavy (non-hydrogen) atoms. The molecule has 1 aliphatic rings. The molecular formula is C18H23N3OS. The number of benzene rings is 1. The number of nitrogens with zero attached hydrogens (tertiary/aromatic N) is 3. The number of hydrogen-bond donors (Lipinski definition) is 0. The van der Waals surface area contributed by atoms with E-state index in [0.717, 1.165) is 30.5 Å². The maximum absolute atomic E-state index is 12.6. The fraction of sp³-hybridized carbons (Fsp3) is 0.444. The first-order chi connectivity index (χ1) is 11.3. The maximum atomic E-state index is 12.6. The van der Waals surface area contributed by atoms with Gasteiger partial charge in [0.05, 0.1) is 5.56 Å². The summed E-state index contributed by atoms with van der Waals surface area (Å²) in [6.07, 6.45) is 3.84. The molecule has 0 N–H and O–H groups in total. The average molecular weight is 329 g/mol. The minimum Gasteiger partial charge on any atom is -0.302 e. The third-order valence-corrected chi connectivity index (χ3v) is 5.14. The zero-order valence-electron chi connectivity index (χ0n) is 13.4. The fourth-order valence-corrected chi connectivity index (χ4v) is 3.85. The molecule has 1 saturated heterocycles. The Kier molecular flexibility index (Phi) is 5.88. The van der Waals surface area contributed by atoms with Crippen molar-refractivity contribution in [3.8, 4) is 11.1 Å². The number of aryl methyl sites for hydroxylation is 1. The molecule has 0 bridgehead atoms. The van der Waals surface area contributed by atoms with Gasteiger partial charge in [-0.1, -0.05) is 30.3 Å². The Morgan fingerprint density at radius 1 is 1.00 bits per heavy atom. The van der Waals surface area contributed by atoms with E-state index in [9.17, 15) is 4.79 Å². The largest absolute Gasteiger partial charge is 0.302 e. The summed E-state index contributed by atoms with van der Waals surface area (Å²) in [5.74, 6) is 2.50. The predicted octanol–water partition coefficient (Wildman–Crippen LogP) is 2.74. The van der Waals surface area contributed by atoms with Crippen LogP contribution in [0.4, 0.5) is 0 Å². The zero-order valence-corrected chi connectivity index (χ0v) is 14.2. The molecule has 1 aromatic heterocycles. The van der Waals surface area contributed by atoms with Gasteiger partial charge in [0.25, 0.3) is 5.56 Å². The lowest BCUT2D eigenvalue weighted by atomic mass is 10.1. The maximum Gasteiger partial charge on any atom is 0.274 e. The van der Waals surface area contributed by atoms with Gasteiger partial charge in [-0.25, -0.2) is 4.68 Å². The van der Waals surface area contributed by atoms with Crippen LogP contribution < -0.4 is 5.56 Å². The highest BCUT2D eigenvalue weighted by molar-refractivity contribution is 7.99. The van der Waals surface area contributed by atoms with Gasteiger partial charge in [-0.05, 0) is 31.0 Å². The summed E-state index contributed by atoms with van der Waals surface area (Å²) in [6.45, 7) is 4.23. The molecule has 0 radical (unpaired) electrons. The van der Waals surface area contributed by atoms with Crippen molar-refractivity contribution in [1.82, 2.24) is 14.7 Å². The molecule has 0 saturated carbocycles. The molecule has 2 aromatic rings. The molecule has 0 spiro atoms. The van der Waals surface area contributed by atoms with Gasteiger partial charge in [-0.3, -0.25) is 4.79 Å². The van der Waals surface area contributed by atoms with Crippen LogP contribution in [0.1, 0.15) is 12.8 Å². The fourth-order valence-electron chi connectivity index (χ4n) is 2.87. The van der Waals surface area contributed by atoms with E-state index in [2.05, 4.69) is 10.00 Å². The number of unbranched alkanes of at least 4 members (excludes halogenated alkanes) is 1. The summed E-state index contributed by atoms with van der Waals surface area (Å²) in [4.78, 5) is 15.1. The van der Waals surface area contributed by atoms with E-state index < -0.39 is 0 Å². The second kappa shape index (κ2) is 8.31. The lowest BCUT2D eigenvalue weighted by Crippen LogP contribution is -2.33. The quantitative estimate of drug-likeness (QED) is 0.764. The average Bonchev–Trinajstić information content (AvgIpc) is 2.61. The van der Waals surface area contributed by atoms with Crippen molar-refractivity contribution < 1.29 is 0 Å². The first-order valence-corrected chi connectivity index (χ1v) is 9.42. The van der Waals surface area contributed by atoms with Crippen LogP contribution in [-0.2, 0) is 6.54 Å². The molecule has 0 unspecified atom stereocenters. The molecule has 1 aliphatic heterocycles. The molecule has 1 aromatic carbocycles. The monoisotopic (exact) mass is 329 g/mol. The number of aromatic nitrogens is 2. The van der Waals surface area contributed by atoms with Crippen LogP contribution in [0.2, 0.25) is 0 Å². The molecule has 4 nitrogen and oxygen atoms in total. The number of rotatable bonds is 6.